The maximum absolute atomic E-state index is 14.9. The molecule has 33 heavy (non-hydrogen) atoms. The first-order chi connectivity index (χ1) is 16.0. The summed E-state index contributed by atoms with van der Waals surface area (Å²) < 4.78 is 30.7. The molecule has 0 radical (unpaired) electrons. The molecule has 0 aliphatic heterocycles. The van der Waals surface area contributed by atoms with Gasteiger partial charge in [-0.15, -0.1) is 0 Å². The van der Waals surface area contributed by atoms with Gasteiger partial charge in [-0.25, -0.2) is 8.78 Å². The number of nitrogens with one attached hydrogen (secondary N) is 2. The predicted molar refractivity (Wildman–Crippen MR) is 120 cm³/mol. The second-order valence-electron chi connectivity index (χ2n) is 7.34. The van der Waals surface area contributed by atoms with Crippen molar-refractivity contribution in [1.29, 1.82) is 0 Å². The van der Waals surface area contributed by atoms with Crippen LogP contribution in [-0.2, 0) is 6.54 Å². The lowest BCUT2D eigenvalue weighted by atomic mass is 10.0. The lowest BCUT2D eigenvalue weighted by Crippen LogP contribution is -2.46. The number of halogens is 3. The van der Waals surface area contributed by atoms with Crippen LogP contribution in [0.1, 0.15) is 10.4 Å². The fourth-order valence-electron chi connectivity index (χ4n) is 3.44. The Hall–Kier alpha value is -3.56. The highest BCUT2D eigenvalue weighted by atomic mass is 35.5. The summed E-state index contributed by atoms with van der Waals surface area (Å²) in [6.07, 6.45) is 1.39. The standard InChI is InChI=1S/C23H20ClF2N5O2/c24-15-7-5-14(6-8-15)19-11-20(30-29-19)22-16(3-1-4-17(22)25)23(33)28-21(18(26)13-32)12-31-10-2-9-27-31/h1-11,18,21,32H,12-13H2,(H,28,33)(H,29,30)/t18-,21-/m1/s1. The molecule has 10 heteroatoms. The van der Waals surface area contributed by atoms with E-state index >= 15 is 0 Å². The first-order valence-electron chi connectivity index (χ1n) is 10.1. The molecule has 0 saturated carbocycles. The summed E-state index contributed by atoms with van der Waals surface area (Å²) in [6, 6.07) is 13.2. The molecule has 2 aromatic heterocycles. The number of carbonyl (C=O) groups is 1. The molecule has 0 saturated heterocycles. The highest BCUT2D eigenvalue weighted by Gasteiger charge is 2.26. The molecule has 0 aliphatic carbocycles. The van der Waals surface area contributed by atoms with Crippen LogP contribution in [0.25, 0.3) is 22.5 Å². The minimum absolute atomic E-state index is 0.0000377. The Morgan fingerprint density at radius 2 is 2.00 bits per heavy atom. The third-order valence-electron chi connectivity index (χ3n) is 5.12. The zero-order valence-electron chi connectivity index (χ0n) is 17.3. The number of carbonyl (C=O) groups excluding carboxylic acids is 1. The van der Waals surface area contributed by atoms with Gasteiger partial charge in [-0.2, -0.15) is 10.2 Å². The summed E-state index contributed by atoms with van der Waals surface area (Å²) in [5, 5.41) is 23.4. The van der Waals surface area contributed by atoms with E-state index in [0.29, 0.717) is 10.7 Å². The molecular formula is C23H20ClF2N5O2. The number of aromatic amines is 1. The number of amides is 1. The van der Waals surface area contributed by atoms with Gasteiger partial charge in [-0.1, -0.05) is 29.8 Å². The van der Waals surface area contributed by atoms with Crippen molar-refractivity contribution < 1.29 is 18.7 Å². The lowest BCUT2D eigenvalue weighted by Gasteiger charge is -2.22. The zero-order chi connectivity index (χ0) is 23.4. The van der Waals surface area contributed by atoms with E-state index < -0.39 is 30.5 Å². The van der Waals surface area contributed by atoms with Gasteiger partial charge < -0.3 is 10.4 Å². The molecule has 0 aliphatic rings. The molecule has 0 fully saturated rings. The minimum Gasteiger partial charge on any atom is -0.393 e. The maximum atomic E-state index is 14.9. The van der Waals surface area contributed by atoms with E-state index in [1.165, 1.54) is 29.1 Å². The number of aliphatic hydroxyl groups is 1. The second-order valence-corrected chi connectivity index (χ2v) is 7.78. The Kier molecular flexibility index (Phi) is 6.81. The average molecular weight is 472 g/mol. The molecule has 2 aromatic carbocycles. The number of hydrogen-bond donors (Lipinski definition) is 3. The van der Waals surface area contributed by atoms with Crippen LogP contribution in [0.2, 0.25) is 5.02 Å². The summed E-state index contributed by atoms with van der Waals surface area (Å²) in [4.78, 5) is 13.1. The van der Waals surface area contributed by atoms with E-state index in [-0.39, 0.29) is 23.4 Å². The Morgan fingerprint density at radius 3 is 2.70 bits per heavy atom. The van der Waals surface area contributed by atoms with Gasteiger partial charge in [0, 0.05) is 28.5 Å². The molecule has 1 amide bonds. The van der Waals surface area contributed by atoms with Crippen LogP contribution in [0.3, 0.4) is 0 Å². The second kappa shape index (κ2) is 9.93. The fraction of sp³-hybridized carbons (Fsp3) is 0.174. The first kappa shape index (κ1) is 22.6. The Labute approximate surface area is 193 Å². The molecule has 0 unspecified atom stereocenters. The molecule has 3 N–H and O–H groups in total. The van der Waals surface area contributed by atoms with Crippen LogP contribution in [0.4, 0.5) is 8.78 Å². The largest absolute Gasteiger partial charge is 0.393 e. The topological polar surface area (TPSA) is 95.8 Å². The van der Waals surface area contributed by atoms with E-state index in [9.17, 15) is 18.7 Å². The number of benzene rings is 2. The summed E-state index contributed by atoms with van der Waals surface area (Å²) in [5.41, 5.74) is 1.58. The quantitative estimate of drug-likeness (QED) is 0.363. The van der Waals surface area contributed by atoms with Crippen LogP contribution in [0.5, 0.6) is 0 Å². The van der Waals surface area contributed by atoms with Crippen molar-refractivity contribution in [2.45, 2.75) is 18.8 Å². The predicted octanol–water partition coefficient (Wildman–Crippen LogP) is 3.86. The van der Waals surface area contributed by atoms with Crippen molar-refractivity contribution in [2.75, 3.05) is 6.61 Å². The van der Waals surface area contributed by atoms with Crippen LogP contribution in [0, 0.1) is 5.82 Å². The van der Waals surface area contributed by atoms with Gasteiger partial charge in [0.2, 0.25) is 0 Å². The number of aromatic nitrogens is 4. The van der Waals surface area contributed by atoms with Crippen molar-refractivity contribution in [3.63, 3.8) is 0 Å². The van der Waals surface area contributed by atoms with Crippen molar-refractivity contribution in [3.05, 3.63) is 83.4 Å². The summed E-state index contributed by atoms with van der Waals surface area (Å²) in [5.74, 6) is -1.34. The van der Waals surface area contributed by atoms with Crippen LogP contribution >= 0.6 is 11.6 Å². The summed E-state index contributed by atoms with van der Waals surface area (Å²) in [6.45, 7) is -0.789. The van der Waals surface area contributed by atoms with E-state index in [2.05, 4.69) is 20.6 Å². The van der Waals surface area contributed by atoms with Crippen molar-refractivity contribution in [3.8, 4) is 22.5 Å². The highest BCUT2D eigenvalue weighted by molar-refractivity contribution is 6.30. The van der Waals surface area contributed by atoms with Gasteiger partial charge in [-0.3, -0.25) is 14.6 Å². The van der Waals surface area contributed by atoms with Crippen LogP contribution < -0.4 is 5.32 Å². The number of rotatable bonds is 8. The van der Waals surface area contributed by atoms with E-state index in [1.54, 1.807) is 42.6 Å². The molecule has 0 spiro atoms. The molecule has 2 atom stereocenters. The average Bonchev–Trinajstić information content (AvgIpc) is 3.51. The SMILES string of the molecule is O=C(N[C@H](Cn1cccn1)[C@H](F)CO)c1cccc(F)c1-c1cc(-c2ccc(Cl)cc2)n[nH]1. The minimum atomic E-state index is -1.74. The Bertz CT molecular complexity index is 1230. The van der Waals surface area contributed by atoms with E-state index in [1.807, 2.05) is 0 Å². The number of aliphatic hydroxyl groups excluding tert-OH is 1. The number of nitrogens with zero attached hydrogens (tertiary/aromatic N) is 3. The maximum Gasteiger partial charge on any atom is 0.252 e. The van der Waals surface area contributed by atoms with Gasteiger partial charge in [0.05, 0.1) is 36.1 Å². The third-order valence-corrected chi connectivity index (χ3v) is 5.37. The highest BCUT2D eigenvalue weighted by Crippen LogP contribution is 2.29. The van der Waals surface area contributed by atoms with Crippen LogP contribution in [-0.4, -0.2) is 49.8 Å². The van der Waals surface area contributed by atoms with Gasteiger partial charge in [0.15, 0.2) is 0 Å². The lowest BCUT2D eigenvalue weighted by molar-refractivity contribution is 0.0850. The fourth-order valence-corrected chi connectivity index (χ4v) is 3.57. The normalized spacial score (nSPS) is 13.0. The van der Waals surface area contributed by atoms with Crippen molar-refractivity contribution >= 4 is 17.5 Å². The first-order valence-corrected chi connectivity index (χ1v) is 10.5. The summed E-state index contributed by atoms with van der Waals surface area (Å²) in [7, 11) is 0. The molecule has 170 valence electrons. The third kappa shape index (κ3) is 5.10. The molecule has 0 bridgehead atoms. The van der Waals surface area contributed by atoms with Crippen molar-refractivity contribution in [2.24, 2.45) is 0 Å². The molecule has 4 rings (SSSR count). The van der Waals surface area contributed by atoms with E-state index in [4.69, 9.17) is 11.6 Å². The number of H-pyrrole nitrogens is 1. The van der Waals surface area contributed by atoms with Gasteiger partial charge >= 0.3 is 0 Å². The Balaban J connectivity index is 1.63. The molecular weight excluding hydrogens is 452 g/mol. The monoisotopic (exact) mass is 471 g/mol. The molecule has 7 nitrogen and oxygen atoms in total. The summed E-state index contributed by atoms with van der Waals surface area (Å²) >= 11 is 5.93. The van der Waals surface area contributed by atoms with Crippen molar-refractivity contribution in [1.82, 2.24) is 25.3 Å². The van der Waals surface area contributed by atoms with Gasteiger partial charge in [0.1, 0.15) is 12.0 Å². The smallest absolute Gasteiger partial charge is 0.252 e. The van der Waals surface area contributed by atoms with Crippen LogP contribution in [0.15, 0.2) is 67.0 Å². The van der Waals surface area contributed by atoms with Gasteiger partial charge in [-0.05, 0) is 36.4 Å². The number of alkyl halides is 1. The van der Waals surface area contributed by atoms with E-state index in [0.717, 1.165) is 5.56 Å². The molecule has 4 aromatic rings. The zero-order valence-corrected chi connectivity index (χ0v) is 18.0. The van der Waals surface area contributed by atoms with Gasteiger partial charge in [0.25, 0.3) is 5.91 Å². The Morgan fingerprint density at radius 1 is 1.21 bits per heavy atom. The molecule has 2 heterocycles. The number of hydrogen-bond acceptors (Lipinski definition) is 4.